The lowest BCUT2D eigenvalue weighted by Gasteiger charge is -2.29. The van der Waals surface area contributed by atoms with Crippen molar-refractivity contribution in [3.8, 4) is 0 Å². The Morgan fingerprint density at radius 3 is 2.59 bits per heavy atom. The van der Waals surface area contributed by atoms with Gasteiger partial charge < -0.3 is 10.2 Å². The van der Waals surface area contributed by atoms with Crippen molar-refractivity contribution in [2.24, 2.45) is 0 Å². The summed E-state index contributed by atoms with van der Waals surface area (Å²) in [6.45, 7) is 1.91. The van der Waals surface area contributed by atoms with Gasteiger partial charge in [-0.1, -0.05) is 29.8 Å². The molecule has 1 fully saturated rings. The summed E-state index contributed by atoms with van der Waals surface area (Å²) in [5.41, 5.74) is 0. The number of halogens is 1. The summed E-state index contributed by atoms with van der Waals surface area (Å²) in [6.07, 6.45) is 2.98. The Hall–Kier alpha value is -1.90. The van der Waals surface area contributed by atoms with Crippen molar-refractivity contribution in [3.63, 3.8) is 0 Å². The van der Waals surface area contributed by atoms with Crippen LogP contribution in [0.3, 0.4) is 0 Å². The number of hydrogen-bond donors (Lipinski definition) is 1. The predicted octanol–water partition coefficient (Wildman–Crippen LogP) is 2.33. The second-order valence-corrected chi connectivity index (χ2v) is 10.1. The van der Waals surface area contributed by atoms with E-state index in [4.69, 9.17) is 11.6 Å². The van der Waals surface area contributed by atoms with E-state index >= 15 is 0 Å². The van der Waals surface area contributed by atoms with Crippen LogP contribution in [0.1, 0.15) is 11.8 Å². The van der Waals surface area contributed by atoms with Gasteiger partial charge in [-0.15, -0.1) is 11.3 Å². The second-order valence-electron chi connectivity index (χ2n) is 6.32. The molecule has 0 spiro atoms. The van der Waals surface area contributed by atoms with Crippen LogP contribution in [0.25, 0.3) is 16.2 Å². The third-order valence-corrected chi connectivity index (χ3v) is 7.60. The molecule has 1 aliphatic heterocycles. The SMILES string of the molecule is C[C@H](NC(=O)/C=C/c1sc2ccccc2c1Cl)C(=O)N1CCS(=O)(=O)CC1. The number of fused-ring (bicyclic) bond motifs is 1. The molecule has 0 bridgehead atoms. The molecule has 3 rings (SSSR count). The summed E-state index contributed by atoms with van der Waals surface area (Å²) in [5.74, 6) is -0.770. The van der Waals surface area contributed by atoms with Crippen LogP contribution >= 0.6 is 22.9 Å². The Labute approximate surface area is 166 Å². The molecule has 1 aromatic carbocycles. The lowest BCUT2D eigenvalue weighted by atomic mass is 10.2. The lowest BCUT2D eigenvalue weighted by Crippen LogP contribution is -2.51. The standard InChI is InChI=1S/C18H19ClN2O4S2/c1-12(18(23)21-8-10-27(24,25)11-9-21)20-16(22)7-6-15-17(19)13-4-2-3-5-14(13)26-15/h2-7,12H,8-11H2,1H3,(H,20,22)/b7-6+/t12-/m0/s1. The summed E-state index contributed by atoms with van der Waals surface area (Å²) in [7, 11) is -3.06. The van der Waals surface area contributed by atoms with E-state index in [2.05, 4.69) is 5.32 Å². The van der Waals surface area contributed by atoms with E-state index in [1.807, 2.05) is 24.3 Å². The van der Waals surface area contributed by atoms with Gasteiger partial charge in [0.15, 0.2) is 9.84 Å². The van der Waals surface area contributed by atoms with Crippen molar-refractivity contribution in [1.29, 1.82) is 0 Å². The maximum absolute atomic E-state index is 12.4. The zero-order valence-corrected chi connectivity index (χ0v) is 17.0. The van der Waals surface area contributed by atoms with Crippen LogP contribution in [-0.2, 0) is 19.4 Å². The second kappa shape index (κ2) is 8.00. The largest absolute Gasteiger partial charge is 0.341 e. The first kappa shape index (κ1) is 19.9. The molecule has 0 unspecified atom stereocenters. The Morgan fingerprint density at radius 1 is 1.26 bits per heavy atom. The molecule has 0 aliphatic carbocycles. The van der Waals surface area contributed by atoms with Gasteiger partial charge in [-0.3, -0.25) is 9.59 Å². The summed E-state index contributed by atoms with van der Waals surface area (Å²) in [6, 6.07) is 6.98. The monoisotopic (exact) mass is 426 g/mol. The highest BCUT2D eigenvalue weighted by Crippen LogP contribution is 2.35. The van der Waals surface area contributed by atoms with Gasteiger partial charge in [0.1, 0.15) is 6.04 Å². The van der Waals surface area contributed by atoms with Gasteiger partial charge >= 0.3 is 0 Å². The first-order chi connectivity index (χ1) is 12.8. The lowest BCUT2D eigenvalue weighted by molar-refractivity contribution is -0.134. The van der Waals surface area contributed by atoms with Crippen molar-refractivity contribution in [2.45, 2.75) is 13.0 Å². The van der Waals surface area contributed by atoms with Crippen molar-refractivity contribution in [1.82, 2.24) is 10.2 Å². The van der Waals surface area contributed by atoms with Gasteiger partial charge in [0.2, 0.25) is 11.8 Å². The molecule has 0 radical (unpaired) electrons. The number of nitrogens with one attached hydrogen (secondary N) is 1. The number of rotatable bonds is 4. The van der Waals surface area contributed by atoms with E-state index in [1.54, 1.807) is 13.0 Å². The van der Waals surface area contributed by atoms with Crippen LogP contribution in [0.2, 0.25) is 5.02 Å². The van der Waals surface area contributed by atoms with Crippen LogP contribution in [0.4, 0.5) is 0 Å². The minimum absolute atomic E-state index is 0.0380. The average Bonchev–Trinajstić information content (AvgIpc) is 2.95. The molecule has 144 valence electrons. The minimum Gasteiger partial charge on any atom is -0.341 e. The summed E-state index contributed by atoms with van der Waals surface area (Å²) in [5, 5.41) is 4.15. The Balaban J connectivity index is 1.60. The first-order valence-corrected chi connectivity index (χ1v) is 11.4. The number of hydrogen-bond acceptors (Lipinski definition) is 5. The fourth-order valence-electron chi connectivity index (χ4n) is 2.82. The van der Waals surface area contributed by atoms with Crippen LogP contribution in [0, 0.1) is 0 Å². The van der Waals surface area contributed by atoms with E-state index in [0.717, 1.165) is 15.0 Å². The minimum atomic E-state index is -3.06. The maximum Gasteiger partial charge on any atom is 0.244 e. The van der Waals surface area contributed by atoms with Gasteiger partial charge in [-0.2, -0.15) is 0 Å². The molecule has 0 saturated carbocycles. The predicted molar refractivity (Wildman–Crippen MR) is 109 cm³/mol. The summed E-state index contributed by atoms with van der Waals surface area (Å²) in [4.78, 5) is 26.7. The number of thiophene rings is 1. The molecular weight excluding hydrogens is 408 g/mol. The molecule has 1 atom stereocenters. The number of carbonyl (C=O) groups is 2. The number of benzene rings is 1. The van der Waals surface area contributed by atoms with Crippen molar-refractivity contribution in [3.05, 3.63) is 40.2 Å². The van der Waals surface area contributed by atoms with Gasteiger partial charge in [0.25, 0.3) is 0 Å². The number of nitrogens with zero attached hydrogens (tertiary/aromatic N) is 1. The third-order valence-electron chi connectivity index (χ3n) is 4.33. The molecule has 1 aliphatic rings. The summed E-state index contributed by atoms with van der Waals surface area (Å²) >= 11 is 7.82. The van der Waals surface area contributed by atoms with Crippen LogP contribution in [0.15, 0.2) is 30.3 Å². The van der Waals surface area contributed by atoms with Gasteiger partial charge in [-0.25, -0.2) is 8.42 Å². The third kappa shape index (κ3) is 4.69. The fraction of sp³-hybridized carbons (Fsp3) is 0.333. The molecule has 6 nitrogen and oxygen atoms in total. The quantitative estimate of drug-likeness (QED) is 0.760. The molecule has 2 aromatic rings. The van der Waals surface area contributed by atoms with E-state index in [1.165, 1.54) is 22.3 Å². The highest BCUT2D eigenvalue weighted by molar-refractivity contribution is 7.91. The fourth-order valence-corrected chi connectivity index (χ4v) is 5.42. The van der Waals surface area contributed by atoms with Gasteiger partial charge in [0, 0.05) is 34.1 Å². The van der Waals surface area contributed by atoms with Crippen molar-refractivity contribution < 1.29 is 18.0 Å². The molecule has 2 amide bonds. The molecule has 2 heterocycles. The highest BCUT2D eigenvalue weighted by atomic mass is 35.5. The molecule has 1 N–H and O–H groups in total. The first-order valence-electron chi connectivity index (χ1n) is 8.41. The van der Waals surface area contributed by atoms with Crippen molar-refractivity contribution >= 4 is 60.8 Å². The number of carbonyl (C=O) groups excluding carboxylic acids is 2. The summed E-state index contributed by atoms with van der Waals surface area (Å²) < 4.78 is 23.9. The topological polar surface area (TPSA) is 83.6 Å². The average molecular weight is 427 g/mol. The van der Waals surface area contributed by atoms with Crippen LogP contribution < -0.4 is 5.32 Å². The van der Waals surface area contributed by atoms with E-state index in [-0.39, 0.29) is 30.5 Å². The molecular formula is C18H19ClN2O4S2. The molecule has 27 heavy (non-hydrogen) atoms. The Kier molecular flexibility index (Phi) is 5.88. The van der Waals surface area contributed by atoms with Crippen LogP contribution in [0.5, 0.6) is 0 Å². The maximum atomic E-state index is 12.4. The Bertz CT molecular complexity index is 1000. The number of amides is 2. The molecule has 9 heteroatoms. The van der Waals surface area contributed by atoms with Crippen molar-refractivity contribution in [2.75, 3.05) is 24.6 Å². The zero-order valence-electron chi connectivity index (χ0n) is 14.6. The molecule has 1 saturated heterocycles. The normalized spacial score (nSPS) is 17.9. The smallest absolute Gasteiger partial charge is 0.244 e. The van der Waals surface area contributed by atoms with E-state index < -0.39 is 21.8 Å². The Morgan fingerprint density at radius 2 is 1.93 bits per heavy atom. The number of sulfone groups is 1. The van der Waals surface area contributed by atoms with E-state index in [9.17, 15) is 18.0 Å². The van der Waals surface area contributed by atoms with E-state index in [0.29, 0.717) is 5.02 Å². The zero-order chi connectivity index (χ0) is 19.6. The van der Waals surface area contributed by atoms with Gasteiger partial charge in [-0.05, 0) is 19.1 Å². The van der Waals surface area contributed by atoms with Crippen LogP contribution in [-0.4, -0.2) is 55.8 Å². The highest BCUT2D eigenvalue weighted by Gasteiger charge is 2.28. The molecule has 1 aromatic heterocycles. The van der Waals surface area contributed by atoms with Gasteiger partial charge in [0.05, 0.1) is 16.5 Å².